The number of carbonyl (C=O) groups excluding carboxylic acids is 2. The second kappa shape index (κ2) is 12.2. The van der Waals surface area contributed by atoms with Gasteiger partial charge in [0.15, 0.2) is 0 Å². The van der Waals surface area contributed by atoms with Gasteiger partial charge in [-0.05, 0) is 73.0 Å². The Morgan fingerprint density at radius 2 is 1.68 bits per heavy atom. The van der Waals surface area contributed by atoms with Gasteiger partial charge in [-0.1, -0.05) is 43.0 Å². The van der Waals surface area contributed by atoms with Gasteiger partial charge in [0.05, 0.1) is 17.7 Å². The van der Waals surface area contributed by atoms with Gasteiger partial charge in [-0.15, -0.1) is 0 Å². The summed E-state index contributed by atoms with van der Waals surface area (Å²) in [6, 6.07) is 20.3. The first-order chi connectivity index (χ1) is 17.9. The third-order valence-corrected chi connectivity index (χ3v) is 7.22. The quantitative estimate of drug-likeness (QED) is 0.362. The number of benzene rings is 3. The number of halogens is 1. The van der Waals surface area contributed by atoms with Crippen LogP contribution in [-0.4, -0.2) is 44.0 Å². The van der Waals surface area contributed by atoms with E-state index in [1.165, 1.54) is 6.42 Å². The zero-order valence-corrected chi connectivity index (χ0v) is 22.4. The van der Waals surface area contributed by atoms with E-state index < -0.39 is 0 Å². The third kappa shape index (κ3) is 6.44. The molecule has 0 heterocycles. The van der Waals surface area contributed by atoms with Crippen molar-refractivity contribution in [3.05, 3.63) is 88.4 Å². The molecule has 0 unspecified atom stereocenters. The van der Waals surface area contributed by atoms with Crippen molar-refractivity contribution in [2.45, 2.75) is 44.7 Å². The molecule has 0 bridgehead atoms. The van der Waals surface area contributed by atoms with Crippen LogP contribution in [0, 0.1) is 0 Å². The Morgan fingerprint density at radius 1 is 0.973 bits per heavy atom. The molecule has 37 heavy (non-hydrogen) atoms. The highest BCUT2D eigenvalue weighted by Crippen LogP contribution is 2.30. The highest BCUT2D eigenvalue weighted by atomic mass is 35.5. The van der Waals surface area contributed by atoms with E-state index in [4.69, 9.17) is 16.3 Å². The number of hydrogen-bond donors (Lipinski definition) is 1. The molecule has 1 N–H and O–H groups in total. The van der Waals surface area contributed by atoms with E-state index in [0.717, 1.165) is 42.7 Å². The summed E-state index contributed by atoms with van der Waals surface area (Å²) in [6.45, 7) is 0.443. The highest BCUT2D eigenvalue weighted by Gasteiger charge is 2.27. The average molecular weight is 520 g/mol. The molecule has 1 aliphatic rings. The van der Waals surface area contributed by atoms with Crippen LogP contribution in [-0.2, 0) is 6.54 Å². The van der Waals surface area contributed by atoms with Gasteiger partial charge < -0.3 is 19.9 Å². The Labute approximate surface area is 224 Å². The topological polar surface area (TPSA) is 61.9 Å². The predicted molar refractivity (Wildman–Crippen MR) is 150 cm³/mol. The summed E-state index contributed by atoms with van der Waals surface area (Å²) in [7, 11) is 5.58. The average Bonchev–Trinajstić information content (AvgIpc) is 2.92. The van der Waals surface area contributed by atoms with E-state index in [1.54, 1.807) is 31.4 Å². The fourth-order valence-electron chi connectivity index (χ4n) is 4.91. The molecule has 3 aromatic rings. The van der Waals surface area contributed by atoms with E-state index >= 15 is 0 Å². The lowest BCUT2D eigenvalue weighted by Gasteiger charge is -2.35. The molecule has 0 aromatic heterocycles. The Morgan fingerprint density at radius 3 is 2.32 bits per heavy atom. The van der Waals surface area contributed by atoms with Crippen LogP contribution >= 0.6 is 11.6 Å². The van der Waals surface area contributed by atoms with Gasteiger partial charge in [0.25, 0.3) is 11.8 Å². The molecule has 0 aliphatic heterocycles. The van der Waals surface area contributed by atoms with Crippen LogP contribution in [0.15, 0.2) is 66.7 Å². The van der Waals surface area contributed by atoms with E-state index in [0.29, 0.717) is 28.4 Å². The number of nitrogens with one attached hydrogen (secondary N) is 1. The first kappa shape index (κ1) is 26.6. The third-order valence-electron chi connectivity index (χ3n) is 6.89. The molecule has 2 amide bonds. The number of methoxy groups -OCH3 is 1. The van der Waals surface area contributed by atoms with Crippen LogP contribution in [0.4, 0.5) is 11.4 Å². The Kier molecular flexibility index (Phi) is 8.72. The monoisotopic (exact) mass is 519 g/mol. The van der Waals surface area contributed by atoms with Crippen molar-refractivity contribution in [1.82, 2.24) is 4.90 Å². The van der Waals surface area contributed by atoms with E-state index in [9.17, 15) is 9.59 Å². The van der Waals surface area contributed by atoms with Gasteiger partial charge in [-0.3, -0.25) is 9.59 Å². The van der Waals surface area contributed by atoms with E-state index in [2.05, 4.69) is 5.32 Å². The zero-order chi connectivity index (χ0) is 26.4. The second-order valence-electron chi connectivity index (χ2n) is 9.63. The van der Waals surface area contributed by atoms with E-state index in [-0.39, 0.29) is 17.9 Å². The zero-order valence-electron chi connectivity index (χ0n) is 21.7. The summed E-state index contributed by atoms with van der Waals surface area (Å²) < 4.78 is 5.27. The van der Waals surface area contributed by atoms with Crippen molar-refractivity contribution >= 4 is 34.8 Å². The molecule has 1 fully saturated rings. The molecule has 0 atom stereocenters. The molecule has 0 radical (unpaired) electrons. The molecule has 1 aliphatic carbocycles. The Balaban J connectivity index is 1.65. The van der Waals surface area contributed by atoms with Gasteiger partial charge in [-0.2, -0.15) is 0 Å². The first-order valence-corrected chi connectivity index (χ1v) is 13.1. The minimum absolute atomic E-state index is 0.00441. The smallest absolute Gasteiger partial charge is 0.257 e. The standard InChI is InChI=1S/C30H34ClN3O3/c1-33(2)28-18-15-23(32-29(35)26-11-7-8-12-27(26)31)19-22(28)20-34(24-9-5-4-6-10-24)30(36)21-13-16-25(37-3)17-14-21/h7-8,11-19,24H,4-6,9-10,20H2,1-3H3,(H,32,35). The molecular formula is C30H34ClN3O3. The Hall–Kier alpha value is -3.51. The second-order valence-corrected chi connectivity index (χ2v) is 10.0. The van der Waals surface area contributed by atoms with Crippen molar-refractivity contribution in [2.75, 3.05) is 31.4 Å². The van der Waals surface area contributed by atoms with Crippen molar-refractivity contribution in [2.24, 2.45) is 0 Å². The van der Waals surface area contributed by atoms with Crippen molar-refractivity contribution < 1.29 is 14.3 Å². The molecule has 6 nitrogen and oxygen atoms in total. The molecular weight excluding hydrogens is 486 g/mol. The minimum Gasteiger partial charge on any atom is -0.497 e. The van der Waals surface area contributed by atoms with Crippen molar-refractivity contribution in [1.29, 1.82) is 0 Å². The molecule has 4 rings (SSSR count). The summed E-state index contributed by atoms with van der Waals surface area (Å²) in [5.41, 5.74) is 3.68. The number of nitrogens with zero attached hydrogens (tertiary/aromatic N) is 2. The van der Waals surface area contributed by atoms with Crippen molar-refractivity contribution in [3.8, 4) is 5.75 Å². The lowest BCUT2D eigenvalue weighted by atomic mass is 9.93. The fourth-order valence-corrected chi connectivity index (χ4v) is 5.13. The van der Waals surface area contributed by atoms with Crippen LogP contribution in [0.2, 0.25) is 5.02 Å². The normalized spacial score (nSPS) is 13.6. The number of ether oxygens (including phenoxy) is 1. The predicted octanol–water partition coefficient (Wildman–Crippen LogP) is 6.64. The summed E-state index contributed by atoms with van der Waals surface area (Å²) in [5.74, 6) is 0.454. The molecule has 0 saturated heterocycles. The van der Waals surface area contributed by atoms with E-state index in [1.807, 2.05) is 66.4 Å². The molecule has 3 aromatic carbocycles. The molecule has 7 heteroatoms. The van der Waals surface area contributed by atoms with Gasteiger partial charge in [0.1, 0.15) is 5.75 Å². The molecule has 0 spiro atoms. The first-order valence-electron chi connectivity index (χ1n) is 12.7. The minimum atomic E-state index is -0.271. The van der Waals surface area contributed by atoms with Crippen molar-refractivity contribution in [3.63, 3.8) is 0 Å². The summed E-state index contributed by atoms with van der Waals surface area (Å²) >= 11 is 6.23. The van der Waals surface area contributed by atoms with Crippen LogP contribution in [0.25, 0.3) is 0 Å². The number of rotatable bonds is 8. The van der Waals surface area contributed by atoms with Gasteiger partial charge in [0.2, 0.25) is 0 Å². The lowest BCUT2D eigenvalue weighted by molar-refractivity contribution is 0.0614. The van der Waals surface area contributed by atoms with Crippen LogP contribution in [0.1, 0.15) is 58.4 Å². The van der Waals surface area contributed by atoms with Gasteiger partial charge in [-0.25, -0.2) is 0 Å². The number of hydrogen-bond acceptors (Lipinski definition) is 4. The maximum absolute atomic E-state index is 13.8. The highest BCUT2D eigenvalue weighted by molar-refractivity contribution is 6.34. The van der Waals surface area contributed by atoms with Crippen LogP contribution in [0.3, 0.4) is 0 Å². The largest absolute Gasteiger partial charge is 0.497 e. The van der Waals surface area contributed by atoms with Gasteiger partial charge >= 0.3 is 0 Å². The molecule has 1 saturated carbocycles. The number of amides is 2. The van der Waals surface area contributed by atoms with Gasteiger partial charge in [0, 0.05) is 43.6 Å². The lowest BCUT2D eigenvalue weighted by Crippen LogP contribution is -2.41. The Bertz CT molecular complexity index is 1240. The number of carbonyl (C=O) groups is 2. The molecule has 194 valence electrons. The maximum atomic E-state index is 13.8. The SMILES string of the molecule is COc1ccc(C(=O)N(Cc2cc(NC(=O)c3ccccc3Cl)ccc2N(C)C)C2CCCCC2)cc1. The number of anilines is 2. The summed E-state index contributed by atoms with van der Waals surface area (Å²) in [6.07, 6.45) is 5.41. The van der Waals surface area contributed by atoms with Crippen LogP contribution < -0.4 is 15.0 Å². The van der Waals surface area contributed by atoms with Crippen LogP contribution in [0.5, 0.6) is 5.75 Å². The maximum Gasteiger partial charge on any atom is 0.257 e. The summed E-state index contributed by atoms with van der Waals surface area (Å²) in [4.78, 5) is 30.7. The fraction of sp³-hybridized carbons (Fsp3) is 0.333. The summed E-state index contributed by atoms with van der Waals surface area (Å²) in [5, 5.41) is 3.37.